The van der Waals surface area contributed by atoms with Crippen LogP contribution in [0.25, 0.3) is 0 Å². The molecule has 21 heavy (non-hydrogen) atoms. The van der Waals surface area contributed by atoms with Crippen molar-refractivity contribution in [1.82, 2.24) is 20.4 Å². The Labute approximate surface area is 131 Å². The maximum absolute atomic E-state index is 12.2. The molecular formula is C12H19N5O2S2. The van der Waals surface area contributed by atoms with Crippen LogP contribution in [0, 0.1) is 0 Å². The molecule has 1 aliphatic heterocycles. The number of nitrogens with one attached hydrogen (secondary N) is 2. The molecule has 2 N–H and O–H groups in total. The number of amides is 3. The standard InChI is InChI=1S/C12H19N5O2S2/c1-7(8(18)17-6-5-13-10(17)19)20-11-16-15-9(21-11)14-12(2,3)4/h7H,5-6H2,1-4H3,(H,13,19)(H,14,15)/t7-/m0/s1. The van der Waals surface area contributed by atoms with Crippen molar-refractivity contribution in [1.29, 1.82) is 0 Å². The first-order valence-electron chi connectivity index (χ1n) is 6.64. The number of urea groups is 1. The molecule has 7 nitrogen and oxygen atoms in total. The Kier molecular flexibility index (Phi) is 4.72. The zero-order chi connectivity index (χ0) is 15.6. The van der Waals surface area contributed by atoms with Gasteiger partial charge in [-0.1, -0.05) is 23.1 Å². The smallest absolute Gasteiger partial charge is 0.324 e. The van der Waals surface area contributed by atoms with Crippen LogP contribution in [0.4, 0.5) is 9.93 Å². The molecule has 2 heterocycles. The molecule has 2 rings (SSSR count). The number of rotatable bonds is 4. The van der Waals surface area contributed by atoms with E-state index < -0.39 is 0 Å². The van der Waals surface area contributed by atoms with Gasteiger partial charge in [0, 0.05) is 18.6 Å². The van der Waals surface area contributed by atoms with Crippen molar-refractivity contribution in [2.75, 3.05) is 18.4 Å². The molecule has 0 saturated carbocycles. The molecule has 0 aromatic carbocycles. The second kappa shape index (κ2) is 6.18. The lowest BCUT2D eigenvalue weighted by atomic mass is 10.1. The van der Waals surface area contributed by atoms with E-state index >= 15 is 0 Å². The Morgan fingerprint density at radius 1 is 1.48 bits per heavy atom. The van der Waals surface area contributed by atoms with Gasteiger partial charge in [-0.15, -0.1) is 10.2 Å². The van der Waals surface area contributed by atoms with E-state index in [0.717, 1.165) is 5.13 Å². The van der Waals surface area contributed by atoms with Crippen LogP contribution in [-0.2, 0) is 4.79 Å². The summed E-state index contributed by atoms with van der Waals surface area (Å²) >= 11 is 2.73. The predicted molar refractivity (Wildman–Crippen MR) is 83.7 cm³/mol. The van der Waals surface area contributed by atoms with Gasteiger partial charge >= 0.3 is 6.03 Å². The molecule has 0 bridgehead atoms. The van der Waals surface area contributed by atoms with Crippen molar-refractivity contribution in [3.8, 4) is 0 Å². The van der Waals surface area contributed by atoms with E-state index in [1.165, 1.54) is 28.0 Å². The fourth-order valence-corrected chi connectivity index (χ4v) is 3.90. The molecule has 116 valence electrons. The maximum atomic E-state index is 12.2. The van der Waals surface area contributed by atoms with Crippen molar-refractivity contribution in [2.45, 2.75) is 42.8 Å². The third-order valence-corrected chi connectivity index (χ3v) is 4.65. The van der Waals surface area contributed by atoms with Crippen LogP contribution >= 0.6 is 23.1 Å². The predicted octanol–water partition coefficient (Wildman–Crippen LogP) is 1.78. The molecule has 0 aliphatic carbocycles. The van der Waals surface area contributed by atoms with Gasteiger partial charge in [-0.25, -0.2) is 4.79 Å². The average molecular weight is 329 g/mol. The Hall–Kier alpha value is -1.35. The van der Waals surface area contributed by atoms with Gasteiger partial charge in [0.25, 0.3) is 0 Å². The molecule has 1 saturated heterocycles. The van der Waals surface area contributed by atoms with Gasteiger partial charge in [0.15, 0.2) is 4.34 Å². The molecule has 0 radical (unpaired) electrons. The number of nitrogens with zero attached hydrogens (tertiary/aromatic N) is 3. The second-order valence-corrected chi connectivity index (χ2v) is 8.30. The van der Waals surface area contributed by atoms with Gasteiger partial charge in [-0.05, 0) is 27.7 Å². The highest BCUT2D eigenvalue weighted by Crippen LogP contribution is 2.30. The summed E-state index contributed by atoms with van der Waals surface area (Å²) in [5.74, 6) is -0.199. The zero-order valence-corrected chi connectivity index (χ0v) is 14.1. The molecule has 3 amide bonds. The van der Waals surface area contributed by atoms with Crippen LogP contribution in [0.2, 0.25) is 0 Å². The van der Waals surface area contributed by atoms with Crippen molar-refractivity contribution in [3.05, 3.63) is 0 Å². The molecular weight excluding hydrogens is 310 g/mol. The molecule has 1 atom stereocenters. The molecule has 1 aliphatic rings. The number of hydrogen-bond donors (Lipinski definition) is 2. The summed E-state index contributed by atoms with van der Waals surface area (Å²) in [6.07, 6.45) is 0. The summed E-state index contributed by atoms with van der Waals surface area (Å²) in [5.41, 5.74) is -0.0868. The van der Waals surface area contributed by atoms with E-state index in [-0.39, 0.29) is 22.7 Å². The van der Waals surface area contributed by atoms with E-state index in [4.69, 9.17) is 0 Å². The topological polar surface area (TPSA) is 87.2 Å². The first-order chi connectivity index (χ1) is 9.76. The third kappa shape index (κ3) is 4.31. The number of carbonyl (C=O) groups is 2. The quantitative estimate of drug-likeness (QED) is 0.819. The third-order valence-electron chi connectivity index (χ3n) is 2.64. The minimum absolute atomic E-state index is 0.0868. The lowest BCUT2D eigenvalue weighted by Crippen LogP contribution is -2.38. The normalized spacial score (nSPS) is 16.8. The van der Waals surface area contributed by atoms with Gasteiger partial charge in [0.2, 0.25) is 11.0 Å². The summed E-state index contributed by atoms with van der Waals surface area (Å²) in [7, 11) is 0. The first kappa shape index (κ1) is 16.0. The number of hydrogen-bond acceptors (Lipinski definition) is 7. The molecule has 0 spiro atoms. The lowest BCUT2D eigenvalue weighted by molar-refractivity contribution is -0.126. The molecule has 1 fully saturated rings. The van der Waals surface area contributed by atoms with E-state index in [1.807, 2.05) is 20.8 Å². The fourth-order valence-electron chi connectivity index (χ4n) is 1.73. The average Bonchev–Trinajstić information content (AvgIpc) is 2.95. The van der Waals surface area contributed by atoms with Crippen LogP contribution in [0.3, 0.4) is 0 Å². The Bertz CT molecular complexity index is 540. The number of anilines is 1. The number of imide groups is 1. The van der Waals surface area contributed by atoms with Crippen LogP contribution in [-0.4, -0.2) is 50.9 Å². The summed E-state index contributed by atoms with van der Waals surface area (Å²) in [5, 5.41) is 14.3. The maximum Gasteiger partial charge on any atom is 0.324 e. The second-order valence-electron chi connectivity index (χ2n) is 5.73. The summed E-state index contributed by atoms with van der Waals surface area (Å²) in [6, 6.07) is -0.320. The number of carbonyl (C=O) groups excluding carboxylic acids is 2. The molecule has 9 heteroatoms. The van der Waals surface area contributed by atoms with Gasteiger partial charge in [0.05, 0.1) is 5.25 Å². The molecule has 1 aromatic rings. The Morgan fingerprint density at radius 2 is 2.19 bits per heavy atom. The van der Waals surface area contributed by atoms with Gasteiger partial charge in [0.1, 0.15) is 0 Å². The lowest BCUT2D eigenvalue weighted by Gasteiger charge is -2.18. The SMILES string of the molecule is C[C@H](Sc1nnc(NC(C)(C)C)s1)C(=O)N1CCNC1=O. The highest BCUT2D eigenvalue weighted by atomic mass is 32.2. The van der Waals surface area contributed by atoms with E-state index in [1.54, 1.807) is 6.92 Å². The van der Waals surface area contributed by atoms with E-state index in [9.17, 15) is 9.59 Å². The van der Waals surface area contributed by atoms with Gasteiger partial charge < -0.3 is 10.6 Å². The summed E-state index contributed by atoms with van der Waals surface area (Å²) < 4.78 is 0.710. The summed E-state index contributed by atoms with van der Waals surface area (Å²) in [4.78, 5) is 24.9. The molecule has 0 unspecified atom stereocenters. The highest BCUT2D eigenvalue weighted by molar-refractivity contribution is 8.02. The fraction of sp³-hybridized carbons (Fsp3) is 0.667. The Balaban J connectivity index is 1.95. The molecule has 1 aromatic heterocycles. The Morgan fingerprint density at radius 3 is 2.76 bits per heavy atom. The van der Waals surface area contributed by atoms with Crippen molar-refractivity contribution in [2.24, 2.45) is 0 Å². The summed E-state index contributed by atoms with van der Waals surface area (Å²) in [6.45, 7) is 8.84. The minimum atomic E-state index is -0.371. The largest absolute Gasteiger partial charge is 0.355 e. The number of aromatic nitrogens is 2. The van der Waals surface area contributed by atoms with Crippen LogP contribution in [0.15, 0.2) is 4.34 Å². The number of thioether (sulfide) groups is 1. The zero-order valence-electron chi connectivity index (χ0n) is 12.5. The van der Waals surface area contributed by atoms with Gasteiger partial charge in [-0.2, -0.15) is 0 Å². The van der Waals surface area contributed by atoms with Gasteiger partial charge in [-0.3, -0.25) is 9.69 Å². The first-order valence-corrected chi connectivity index (χ1v) is 8.33. The highest BCUT2D eigenvalue weighted by Gasteiger charge is 2.30. The van der Waals surface area contributed by atoms with Crippen molar-refractivity contribution < 1.29 is 9.59 Å². The van der Waals surface area contributed by atoms with E-state index in [2.05, 4.69) is 20.8 Å². The van der Waals surface area contributed by atoms with Crippen LogP contribution < -0.4 is 10.6 Å². The van der Waals surface area contributed by atoms with Crippen molar-refractivity contribution >= 4 is 40.2 Å². The van der Waals surface area contributed by atoms with Crippen LogP contribution in [0.1, 0.15) is 27.7 Å². The van der Waals surface area contributed by atoms with Crippen LogP contribution in [0.5, 0.6) is 0 Å². The van der Waals surface area contributed by atoms with E-state index in [0.29, 0.717) is 17.4 Å². The monoisotopic (exact) mass is 329 g/mol. The minimum Gasteiger partial charge on any atom is -0.355 e. The van der Waals surface area contributed by atoms with Crippen molar-refractivity contribution in [3.63, 3.8) is 0 Å².